The van der Waals surface area contributed by atoms with Crippen molar-refractivity contribution in [1.29, 1.82) is 0 Å². The lowest BCUT2D eigenvalue weighted by Crippen LogP contribution is -2.48. The van der Waals surface area contributed by atoms with E-state index in [0.29, 0.717) is 6.42 Å². The van der Waals surface area contributed by atoms with Crippen LogP contribution in [0.15, 0.2) is 158 Å². The molecular weight excluding hydrogens is 911 g/mol. The number of hydrogen-bond acceptors (Lipinski definition) is 6. The second-order valence-corrected chi connectivity index (χ2v) is 19.8. The van der Waals surface area contributed by atoms with Crippen LogP contribution in [0.2, 0.25) is 0 Å². The van der Waals surface area contributed by atoms with Crippen molar-refractivity contribution in [3.8, 4) is 11.4 Å². The summed E-state index contributed by atoms with van der Waals surface area (Å²) in [6, 6.07) is 42.4. The number of amides is 4. The second kappa shape index (κ2) is 18.6. The summed E-state index contributed by atoms with van der Waals surface area (Å²) in [5, 5.41) is 17.2. The van der Waals surface area contributed by atoms with Crippen molar-refractivity contribution in [2.75, 3.05) is 9.80 Å². The van der Waals surface area contributed by atoms with Gasteiger partial charge in [-0.05, 0) is 135 Å². The van der Waals surface area contributed by atoms with Gasteiger partial charge in [-0.3, -0.25) is 19.2 Å². The highest BCUT2D eigenvalue weighted by atomic mass is 19.1. The van der Waals surface area contributed by atoms with Gasteiger partial charge in [0.05, 0.1) is 70.3 Å². The molecule has 2 aromatic heterocycles. The fraction of sp³-hybridized carbons (Fsp3) is 0.276. The zero-order chi connectivity index (χ0) is 49.8. The van der Waals surface area contributed by atoms with E-state index in [0.717, 1.165) is 81.4 Å². The van der Waals surface area contributed by atoms with Crippen LogP contribution in [0.1, 0.15) is 76.1 Å². The SMILES string of the molecule is CC1C(=O)N(c2ccc3c(cnn3-c3ccc(F)cc3)c2)[C@H](c2ccccc2)[C@H]1NC(=O)C1CC1.CC[C@@]1(C)C(=O)N(c2ccc3c(cnn3-c3ccc(F)cc3)c2)[C@H](c2ccccc2)[C@H]1NC(=O)C1CC1. The van der Waals surface area contributed by atoms with Gasteiger partial charge in [-0.2, -0.15) is 10.2 Å². The smallest absolute Gasteiger partial charge is 0.235 e. The summed E-state index contributed by atoms with van der Waals surface area (Å²) in [5.41, 5.74) is 5.95. The predicted octanol–water partition coefficient (Wildman–Crippen LogP) is 10.3. The van der Waals surface area contributed by atoms with E-state index in [2.05, 4.69) is 20.8 Å². The first-order chi connectivity index (χ1) is 34.9. The normalized spacial score (nSPS) is 22.8. The summed E-state index contributed by atoms with van der Waals surface area (Å²) in [5.74, 6) is -0.800. The average Bonchev–Trinajstić information content (AvgIpc) is 4.33. The molecule has 6 aromatic carbocycles. The largest absolute Gasteiger partial charge is 0.350 e. The Morgan fingerprint density at radius 3 is 1.51 bits per heavy atom. The fourth-order valence-corrected chi connectivity index (χ4v) is 10.5. The maximum absolute atomic E-state index is 14.1. The van der Waals surface area contributed by atoms with Gasteiger partial charge >= 0.3 is 0 Å². The van der Waals surface area contributed by atoms with Gasteiger partial charge in [0.25, 0.3) is 0 Å². The van der Waals surface area contributed by atoms with E-state index in [9.17, 15) is 28.0 Å². The molecule has 8 aromatic rings. The first-order valence-electron chi connectivity index (χ1n) is 24.8. The highest BCUT2D eigenvalue weighted by molar-refractivity contribution is 6.04. The highest BCUT2D eigenvalue weighted by Gasteiger charge is 2.57. The lowest BCUT2D eigenvalue weighted by atomic mass is 9.78. The molecule has 0 bridgehead atoms. The summed E-state index contributed by atoms with van der Waals surface area (Å²) in [7, 11) is 0. The second-order valence-electron chi connectivity index (χ2n) is 19.8. The Hall–Kier alpha value is -8.00. The highest BCUT2D eigenvalue weighted by Crippen LogP contribution is 2.49. The summed E-state index contributed by atoms with van der Waals surface area (Å²) in [6.45, 7) is 5.87. The molecule has 12 rings (SSSR count). The number of aromatic nitrogens is 4. The van der Waals surface area contributed by atoms with Gasteiger partial charge in [0.1, 0.15) is 11.6 Å². The van der Waals surface area contributed by atoms with Gasteiger partial charge in [0, 0.05) is 34.0 Å². The van der Waals surface area contributed by atoms with Gasteiger partial charge in [-0.25, -0.2) is 18.1 Å². The van der Waals surface area contributed by atoms with E-state index in [1.54, 1.807) is 46.0 Å². The minimum Gasteiger partial charge on any atom is -0.350 e. The quantitative estimate of drug-likeness (QED) is 0.133. The van der Waals surface area contributed by atoms with E-state index in [1.807, 2.05) is 128 Å². The minimum absolute atomic E-state index is 0.00442. The van der Waals surface area contributed by atoms with Crippen LogP contribution in [0, 0.1) is 34.8 Å². The number of nitrogens with zero attached hydrogens (tertiary/aromatic N) is 6. The molecule has 0 radical (unpaired) electrons. The Balaban J connectivity index is 0.000000156. The van der Waals surface area contributed by atoms with Gasteiger partial charge in [-0.15, -0.1) is 0 Å². The lowest BCUT2D eigenvalue weighted by molar-refractivity contribution is -0.128. The third kappa shape index (κ3) is 8.47. The molecule has 364 valence electrons. The number of carbonyl (C=O) groups is 4. The molecule has 6 atom stereocenters. The van der Waals surface area contributed by atoms with E-state index >= 15 is 0 Å². The van der Waals surface area contributed by atoms with Crippen molar-refractivity contribution in [1.82, 2.24) is 30.2 Å². The molecule has 0 spiro atoms. The van der Waals surface area contributed by atoms with Crippen molar-refractivity contribution in [2.24, 2.45) is 23.2 Å². The lowest BCUT2D eigenvalue weighted by Gasteiger charge is -2.32. The maximum Gasteiger partial charge on any atom is 0.235 e. The van der Waals surface area contributed by atoms with Gasteiger partial charge in [0.15, 0.2) is 0 Å². The number of halogens is 2. The van der Waals surface area contributed by atoms with Crippen molar-refractivity contribution in [2.45, 2.75) is 77.0 Å². The number of anilines is 2. The van der Waals surface area contributed by atoms with Crippen LogP contribution in [0.5, 0.6) is 0 Å². The zero-order valence-corrected chi connectivity index (χ0v) is 40.2. The standard InChI is InChI=1S/C30H29FN4O2.C28H25FN4O2/c1-3-30(2)27(33-28(36)20-9-10-20)26(19-7-5-4-6-8-19)34(29(30)37)24-15-16-25-21(17-24)18-32-35(25)23-13-11-22(31)12-14-23;1-17-25(31-27(34)19-7-8-19)26(18-5-3-2-4-6-18)32(28(17)35)23-13-14-24-20(15-23)16-30-33(24)22-11-9-21(29)10-12-22/h4-8,11-18,20,26-27H,3,9-10H2,1-2H3,(H,33,36);2-6,9-17,19,25-26H,7-8H2,1H3,(H,31,34)/t26-,27-,30-;17?,25-,26+/m10/s1. The summed E-state index contributed by atoms with van der Waals surface area (Å²) >= 11 is 0. The number of benzene rings is 6. The van der Waals surface area contributed by atoms with Crippen LogP contribution < -0.4 is 20.4 Å². The molecule has 2 saturated heterocycles. The van der Waals surface area contributed by atoms with Crippen LogP contribution in [-0.4, -0.2) is 55.3 Å². The van der Waals surface area contributed by atoms with E-state index in [4.69, 9.17) is 0 Å². The Labute approximate surface area is 415 Å². The molecule has 12 nitrogen and oxygen atoms in total. The zero-order valence-electron chi connectivity index (χ0n) is 40.2. The molecule has 72 heavy (non-hydrogen) atoms. The molecule has 4 heterocycles. The Morgan fingerprint density at radius 1 is 0.597 bits per heavy atom. The number of nitrogens with one attached hydrogen (secondary N) is 2. The van der Waals surface area contributed by atoms with Crippen LogP contribution in [0.4, 0.5) is 20.2 Å². The molecule has 4 amide bonds. The van der Waals surface area contributed by atoms with Crippen LogP contribution in [-0.2, 0) is 19.2 Å². The monoisotopic (exact) mass is 964 g/mol. The molecule has 14 heteroatoms. The third-order valence-electron chi connectivity index (χ3n) is 15.1. The maximum atomic E-state index is 14.1. The summed E-state index contributed by atoms with van der Waals surface area (Å²) in [6.07, 6.45) is 7.74. The van der Waals surface area contributed by atoms with Gasteiger partial charge in [0.2, 0.25) is 23.6 Å². The molecule has 4 aliphatic rings. The molecule has 2 aliphatic carbocycles. The minimum atomic E-state index is -0.752. The predicted molar refractivity (Wildman–Crippen MR) is 272 cm³/mol. The molecule has 4 fully saturated rings. The van der Waals surface area contributed by atoms with E-state index < -0.39 is 5.41 Å². The number of hydrogen-bond donors (Lipinski definition) is 2. The average molecular weight is 965 g/mol. The molecular formula is C58H54F2N8O4. The number of carbonyl (C=O) groups excluding carboxylic acids is 4. The van der Waals surface area contributed by atoms with Crippen molar-refractivity contribution in [3.05, 3.63) is 181 Å². The van der Waals surface area contributed by atoms with Crippen molar-refractivity contribution in [3.63, 3.8) is 0 Å². The summed E-state index contributed by atoms with van der Waals surface area (Å²) in [4.78, 5) is 57.0. The molecule has 2 aliphatic heterocycles. The van der Waals surface area contributed by atoms with Crippen molar-refractivity contribution >= 4 is 56.8 Å². The third-order valence-corrected chi connectivity index (χ3v) is 15.1. The first kappa shape index (κ1) is 46.4. The molecule has 1 unspecified atom stereocenters. The number of fused-ring (bicyclic) bond motifs is 2. The van der Waals surface area contributed by atoms with E-state index in [1.165, 1.54) is 24.3 Å². The van der Waals surface area contributed by atoms with E-state index in [-0.39, 0.29) is 77.2 Å². The van der Waals surface area contributed by atoms with Gasteiger partial charge in [-0.1, -0.05) is 74.5 Å². The van der Waals surface area contributed by atoms with Crippen LogP contribution in [0.3, 0.4) is 0 Å². The number of rotatable bonds is 11. The Kier molecular flexibility index (Phi) is 12.0. The Bertz CT molecular complexity index is 3340. The van der Waals surface area contributed by atoms with Crippen molar-refractivity contribution < 1.29 is 28.0 Å². The van der Waals surface area contributed by atoms with Crippen LogP contribution in [0.25, 0.3) is 33.2 Å². The Morgan fingerprint density at radius 2 is 1.04 bits per heavy atom. The molecule has 2 N–H and O–H groups in total. The molecule has 2 saturated carbocycles. The first-order valence-corrected chi connectivity index (χ1v) is 24.8. The fourth-order valence-electron chi connectivity index (χ4n) is 10.5. The topological polar surface area (TPSA) is 134 Å². The van der Waals surface area contributed by atoms with Crippen LogP contribution >= 0.6 is 0 Å². The summed E-state index contributed by atoms with van der Waals surface area (Å²) < 4.78 is 30.3. The van der Waals surface area contributed by atoms with Gasteiger partial charge < -0.3 is 20.4 Å².